The highest BCUT2D eigenvalue weighted by Crippen LogP contribution is 1.99. The van der Waals surface area contributed by atoms with Crippen LogP contribution in [0.15, 0.2) is 0 Å². The van der Waals surface area contributed by atoms with E-state index in [-0.39, 0.29) is 6.42 Å². The molecule has 0 aromatic rings. The fraction of sp³-hybridized carbons (Fsp3) is 1.00. The smallest absolute Gasteiger partial charge is 0.265 e. The van der Waals surface area contributed by atoms with Crippen molar-refractivity contribution in [2.75, 3.05) is 6.26 Å². The lowest BCUT2D eigenvalue weighted by Crippen LogP contribution is -2.30. The lowest BCUT2D eigenvalue weighted by atomic mass is 10.3. The normalized spacial score (nSPS) is 17.8. The molecule has 0 aliphatic carbocycles. The van der Waals surface area contributed by atoms with Gasteiger partial charge in [-0.2, -0.15) is 8.42 Å². The first-order valence-electron chi connectivity index (χ1n) is 3.13. The van der Waals surface area contributed by atoms with Crippen LogP contribution in [0.4, 0.5) is 0 Å². The van der Waals surface area contributed by atoms with E-state index in [1.54, 1.807) is 0 Å². The van der Waals surface area contributed by atoms with Gasteiger partial charge in [0.05, 0.1) is 12.4 Å². The van der Waals surface area contributed by atoms with Gasteiger partial charge in [0.1, 0.15) is 6.23 Å². The van der Waals surface area contributed by atoms with Crippen LogP contribution >= 0.6 is 0 Å². The van der Waals surface area contributed by atoms with Crippen molar-refractivity contribution in [1.29, 1.82) is 0 Å². The van der Waals surface area contributed by atoms with Gasteiger partial charge in [-0.05, 0) is 6.92 Å². The van der Waals surface area contributed by atoms with Gasteiger partial charge in [0.25, 0.3) is 10.1 Å². The summed E-state index contributed by atoms with van der Waals surface area (Å²) >= 11 is 0. The first-order chi connectivity index (χ1) is 4.81. The number of rotatable bonds is 4. The third-order valence-corrected chi connectivity index (χ3v) is 1.47. The average Bonchev–Trinajstić information content (AvgIpc) is 1.53. The molecule has 0 aromatic carbocycles. The van der Waals surface area contributed by atoms with E-state index in [1.165, 1.54) is 6.92 Å². The molecule has 3 N–H and O–H groups in total. The quantitative estimate of drug-likeness (QED) is 0.432. The van der Waals surface area contributed by atoms with Gasteiger partial charge in [0.2, 0.25) is 0 Å². The van der Waals surface area contributed by atoms with Crippen molar-refractivity contribution in [2.45, 2.75) is 25.7 Å². The SMILES string of the molecule is CC(O)CC(N)OS(C)(=O)=O. The standard InChI is InChI=1S/C5H13NO4S/c1-4(7)3-5(6)10-11(2,8)9/h4-5,7H,3,6H2,1-2H3. The van der Waals surface area contributed by atoms with E-state index in [9.17, 15) is 8.42 Å². The minimum Gasteiger partial charge on any atom is -0.393 e. The largest absolute Gasteiger partial charge is 0.393 e. The third kappa shape index (κ3) is 7.73. The summed E-state index contributed by atoms with van der Waals surface area (Å²) < 4.78 is 25.2. The Balaban J connectivity index is 3.80. The van der Waals surface area contributed by atoms with Crippen LogP contribution in [0, 0.1) is 0 Å². The highest BCUT2D eigenvalue weighted by molar-refractivity contribution is 7.86. The summed E-state index contributed by atoms with van der Waals surface area (Å²) in [5.74, 6) is 0. The number of aliphatic hydroxyl groups is 1. The number of hydrogen-bond donors (Lipinski definition) is 2. The summed E-state index contributed by atoms with van der Waals surface area (Å²) in [5, 5.41) is 8.76. The molecule has 2 atom stereocenters. The van der Waals surface area contributed by atoms with Gasteiger partial charge in [-0.3, -0.25) is 4.18 Å². The monoisotopic (exact) mass is 183 g/mol. The zero-order chi connectivity index (χ0) is 9.07. The Morgan fingerprint density at radius 1 is 1.64 bits per heavy atom. The van der Waals surface area contributed by atoms with E-state index >= 15 is 0 Å². The first kappa shape index (κ1) is 10.8. The van der Waals surface area contributed by atoms with E-state index in [4.69, 9.17) is 10.8 Å². The van der Waals surface area contributed by atoms with Crippen molar-refractivity contribution < 1.29 is 17.7 Å². The second-order valence-corrected chi connectivity index (χ2v) is 4.02. The minimum atomic E-state index is -3.51. The predicted molar refractivity (Wildman–Crippen MR) is 40.2 cm³/mol. The van der Waals surface area contributed by atoms with Crippen LogP contribution in [0.2, 0.25) is 0 Å². The third-order valence-electron chi connectivity index (χ3n) is 0.872. The fourth-order valence-corrected chi connectivity index (χ4v) is 1.13. The summed E-state index contributed by atoms with van der Waals surface area (Å²) in [6.45, 7) is 1.51. The predicted octanol–water partition coefficient (Wildman–Crippen LogP) is -0.982. The van der Waals surface area contributed by atoms with Crippen molar-refractivity contribution in [3.8, 4) is 0 Å². The average molecular weight is 183 g/mol. The van der Waals surface area contributed by atoms with Gasteiger partial charge in [-0.25, -0.2) is 0 Å². The van der Waals surface area contributed by atoms with Gasteiger partial charge in [0, 0.05) is 6.42 Å². The molecule has 0 rings (SSSR count). The maximum atomic E-state index is 10.4. The minimum absolute atomic E-state index is 0.104. The number of nitrogens with two attached hydrogens (primary N) is 1. The zero-order valence-corrected chi connectivity index (χ0v) is 7.34. The van der Waals surface area contributed by atoms with Crippen molar-refractivity contribution in [1.82, 2.24) is 0 Å². The molecule has 0 saturated heterocycles. The molecular weight excluding hydrogens is 170 g/mol. The number of aliphatic hydroxyl groups excluding tert-OH is 1. The van der Waals surface area contributed by atoms with Gasteiger partial charge >= 0.3 is 0 Å². The maximum absolute atomic E-state index is 10.4. The summed E-state index contributed by atoms with van der Waals surface area (Å²) in [5.41, 5.74) is 5.20. The second-order valence-electron chi connectivity index (χ2n) is 2.42. The zero-order valence-electron chi connectivity index (χ0n) is 6.52. The van der Waals surface area contributed by atoms with Crippen LogP contribution in [-0.4, -0.2) is 32.1 Å². The van der Waals surface area contributed by atoms with Crippen LogP contribution in [0.1, 0.15) is 13.3 Å². The van der Waals surface area contributed by atoms with E-state index in [0.29, 0.717) is 0 Å². The summed E-state index contributed by atoms with van der Waals surface area (Å²) in [6, 6.07) is 0. The highest BCUT2D eigenvalue weighted by Gasteiger charge is 2.12. The molecule has 0 bridgehead atoms. The van der Waals surface area contributed by atoms with Gasteiger partial charge < -0.3 is 10.8 Å². The molecule has 0 spiro atoms. The summed E-state index contributed by atoms with van der Waals surface area (Å²) in [4.78, 5) is 0. The fourth-order valence-electron chi connectivity index (χ4n) is 0.600. The molecule has 2 unspecified atom stereocenters. The Kier molecular flexibility index (Phi) is 3.95. The van der Waals surface area contributed by atoms with Crippen LogP contribution in [0.25, 0.3) is 0 Å². The summed E-state index contributed by atoms with van der Waals surface area (Å²) in [6.07, 6.45) is -0.598. The van der Waals surface area contributed by atoms with Crippen molar-refractivity contribution in [2.24, 2.45) is 5.73 Å². The topological polar surface area (TPSA) is 89.6 Å². The van der Waals surface area contributed by atoms with E-state index in [0.717, 1.165) is 6.26 Å². The molecule has 0 radical (unpaired) electrons. The molecule has 11 heavy (non-hydrogen) atoms. The molecule has 0 saturated carbocycles. The Labute approximate surface area is 66.3 Å². The molecule has 0 fully saturated rings. The van der Waals surface area contributed by atoms with Crippen molar-refractivity contribution >= 4 is 10.1 Å². The lowest BCUT2D eigenvalue weighted by molar-refractivity contribution is 0.114. The van der Waals surface area contributed by atoms with Crippen LogP contribution in [0.5, 0.6) is 0 Å². The molecule has 5 nitrogen and oxygen atoms in total. The molecule has 0 heterocycles. The van der Waals surface area contributed by atoms with E-state index in [1.807, 2.05) is 0 Å². The number of hydrogen-bond acceptors (Lipinski definition) is 5. The Bertz CT molecular complexity index is 199. The van der Waals surface area contributed by atoms with Crippen LogP contribution < -0.4 is 5.73 Å². The Hall–Kier alpha value is -0.170. The molecule has 0 aliphatic heterocycles. The van der Waals surface area contributed by atoms with Crippen molar-refractivity contribution in [3.05, 3.63) is 0 Å². The van der Waals surface area contributed by atoms with Gasteiger partial charge in [0.15, 0.2) is 0 Å². The van der Waals surface area contributed by atoms with Crippen molar-refractivity contribution in [3.63, 3.8) is 0 Å². The maximum Gasteiger partial charge on any atom is 0.265 e. The van der Waals surface area contributed by atoms with Gasteiger partial charge in [-0.15, -0.1) is 0 Å². The van der Waals surface area contributed by atoms with E-state index in [2.05, 4.69) is 4.18 Å². The van der Waals surface area contributed by atoms with Crippen LogP contribution in [-0.2, 0) is 14.3 Å². The molecule has 0 aliphatic rings. The van der Waals surface area contributed by atoms with Gasteiger partial charge in [-0.1, -0.05) is 0 Å². The lowest BCUT2D eigenvalue weighted by Gasteiger charge is -2.11. The highest BCUT2D eigenvalue weighted by atomic mass is 32.2. The van der Waals surface area contributed by atoms with Crippen LogP contribution in [0.3, 0.4) is 0 Å². The molecule has 6 heteroatoms. The second kappa shape index (κ2) is 4.01. The Morgan fingerprint density at radius 3 is 2.36 bits per heavy atom. The van der Waals surface area contributed by atoms with E-state index < -0.39 is 22.4 Å². The molecule has 0 aromatic heterocycles. The first-order valence-corrected chi connectivity index (χ1v) is 4.95. The molecular formula is C5H13NO4S. The Morgan fingerprint density at radius 2 is 2.09 bits per heavy atom. The summed E-state index contributed by atoms with van der Waals surface area (Å²) in [7, 11) is -3.51. The molecule has 0 amide bonds. The molecule has 68 valence electrons.